The first-order chi connectivity index (χ1) is 11.5. The number of rotatable bonds is 7. The zero-order valence-corrected chi connectivity index (χ0v) is 13.8. The van der Waals surface area contributed by atoms with Crippen LogP contribution < -0.4 is 10.6 Å². The third-order valence-electron chi connectivity index (χ3n) is 4.46. The molecule has 24 heavy (non-hydrogen) atoms. The summed E-state index contributed by atoms with van der Waals surface area (Å²) in [6.45, 7) is 1.60. The Morgan fingerprint density at radius 2 is 1.79 bits per heavy atom. The molecule has 1 aliphatic carbocycles. The number of benzene rings is 1. The zero-order valence-electron chi connectivity index (χ0n) is 13.8. The van der Waals surface area contributed by atoms with Crippen LogP contribution >= 0.6 is 0 Å². The summed E-state index contributed by atoms with van der Waals surface area (Å²) in [5.41, 5.74) is 0.632. The molecule has 0 saturated heterocycles. The lowest BCUT2D eigenvalue weighted by Crippen LogP contribution is -2.47. The van der Waals surface area contributed by atoms with E-state index >= 15 is 0 Å². The Morgan fingerprint density at radius 1 is 1.17 bits per heavy atom. The van der Waals surface area contributed by atoms with E-state index in [1.807, 2.05) is 6.07 Å². The van der Waals surface area contributed by atoms with Crippen LogP contribution in [0.25, 0.3) is 0 Å². The van der Waals surface area contributed by atoms with Gasteiger partial charge in [-0.05, 0) is 25.3 Å². The molecular formula is C18H24N2O4. The van der Waals surface area contributed by atoms with E-state index in [2.05, 4.69) is 10.6 Å². The van der Waals surface area contributed by atoms with Gasteiger partial charge in [-0.1, -0.05) is 43.2 Å². The Bertz CT molecular complexity index is 582. The maximum absolute atomic E-state index is 12.1. The van der Waals surface area contributed by atoms with E-state index < -0.39 is 17.9 Å². The minimum Gasteiger partial charge on any atom is -0.481 e. The Labute approximate surface area is 141 Å². The van der Waals surface area contributed by atoms with Gasteiger partial charge >= 0.3 is 5.97 Å². The Kier molecular flexibility index (Phi) is 6.35. The maximum Gasteiger partial charge on any atom is 0.312 e. The molecule has 0 aromatic heterocycles. The van der Waals surface area contributed by atoms with Gasteiger partial charge in [0.15, 0.2) is 0 Å². The lowest BCUT2D eigenvalue weighted by molar-refractivity contribution is -0.139. The van der Waals surface area contributed by atoms with Crippen LogP contribution in [-0.4, -0.2) is 35.5 Å². The average molecular weight is 332 g/mol. The number of nitrogens with one attached hydrogen (secondary N) is 2. The molecule has 1 aromatic carbocycles. The van der Waals surface area contributed by atoms with Crippen LogP contribution in [0.2, 0.25) is 0 Å². The predicted molar refractivity (Wildman–Crippen MR) is 89.4 cm³/mol. The fourth-order valence-electron chi connectivity index (χ4n) is 2.97. The van der Waals surface area contributed by atoms with Crippen molar-refractivity contribution in [1.29, 1.82) is 0 Å². The van der Waals surface area contributed by atoms with E-state index in [1.54, 1.807) is 31.2 Å². The molecule has 0 bridgehead atoms. The lowest BCUT2D eigenvalue weighted by Gasteiger charge is -2.19. The van der Waals surface area contributed by atoms with Crippen molar-refractivity contribution in [1.82, 2.24) is 10.6 Å². The molecule has 2 atom stereocenters. The summed E-state index contributed by atoms with van der Waals surface area (Å²) < 4.78 is 0. The molecule has 1 fully saturated rings. The van der Waals surface area contributed by atoms with Gasteiger partial charge in [0.25, 0.3) is 0 Å². The first kappa shape index (κ1) is 18.0. The first-order valence-electron chi connectivity index (χ1n) is 8.35. The fraction of sp³-hybridized carbons (Fsp3) is 0.500. The summed E-state index contributed by atoms with van der Waals surface area (Å²) in [5, 5.41) is 14.7. The summed E-state index contributed by atoms with van der Waals surface area (Å²) in [5.74, 6) is -2.27. The molecule has 1 aliphatic rings. The monoisotopic (exact) mass is 332 g/mol. The van der Waals surface area contributed by atoms with Crippen molar-refractivity contribution in [3.8, 4) is 0 Å². The second-order valence-corrected chi connectivity index (χ2v) is 6.26. The molecule has 2 rings (SSSR count). The second-order valence-electron chi connectivity index (χ2n) is 6.26. The highest BCUT2D eigenvalue weighted by atomic mass is 16.4. The summed E-state index contributed by atoms with van der Waals surface area (Å²) in [6, 6.07) is 8.09. The Hall–Kier alpha value is -2.37. The van der Waals surface area contributed by atoms with Crippen molar-refractivity contribution in [2.45, 2.75) is 44.6 Å². The average Bonchev–Trinajstić information content (AvgIpc) is 3.10. The highest BCUT2D eigenvalue weighted by molar-refractivity contribution is 5.88. The molecule has 0 spiro atoms. The number of amides is 2. The Balaban J connectivity index is 1.86. The molecule has 0 radical (unpaired) electrons. The standard InChI is InChI=1S/C18H24N2O4/c1-12(20-17(22)14-9-5-6-10-14)16(21)19-11-15(18(23)24)13-7-3-2-4-8-13/h2-4,7-8,12,14-15H,5-6,9-11H2,1H3,(H,19,21)(H,20,22)(H,23,24). The van der Waals surface area contributed by atoms with E-state index in [9.17, 15) is 19.5 Å². The van der Waals surface area contributed by atoms with Gasteiger partial charge in [-0.3, -0.25) is 14.4 Å². The maximum atomic E-state index is 12.1. The van der Waals surface area contributed by atoms with Crippen molar-refractivity contribution in [3.05, 3.63) is 35.9 Å². The summed E-state index contributed by atoms with van der Waals surface area (Å²) in [4.78, 5) is 35.6. The minimum absolute atomic E-state index is 0.00339. The second kappa shape index (κ2) is 8.47. The van der Waals surface area contributed by atoms with Gasteiger partial charge in [0.2, 0.25) is 11.8 Å². The number of hydrogen-bond donors (Lipinski definition) is 3. The molecule has 2 unspecified atom stereocenters. The van der Waals surface area contributed by atoms with Crippen molar-refractivity contribution >= 4 is 17.8 Å². The van der Waals surface area contributed by atoms with Crippen LogP contribution in [0.15, 0.2) is 30.3 Å². The molecule has 0 aliphatic heterocycles. The van der Waals surface area contributed by atoms with Crippen LogP contribution in [0.5, 0.6) is 0 Å². The molecule has 6 nitrogen and oxygen atoms in total. The predicted octanol–water partition coefficient (Wildman–Crippen LogP) is 1.67. The van der Waals surface area contributed by atoms with Crippen molar-refractivity contribution < 1.29 is 19.5 Å². The summed E-state index contributed by atoms with van der Waals surface area (Å²) >= 11 is 0. The first-order valence-corrected chi connectivity index (χ1v) is 8.35. The largest absolute Gasteiger partial charge is 0.481 e. The molecule has 1 aromatic rings. The quantitative estimate of drug-likeness (QED) is 0.708. The smallest absolute Gasteiger partial charge is 0.312 e. The van der Waals surface area contributed by atoms with Gasteiger partial charge in [0.1, 0.15) is 6.04 Å². The molecule has 2 amide bonds. The van der Waals surface area contributed by atoms with Crippen molar-refractivity contribution in [2.24, 2.45) is 5.92 Å². The molecule has 130 valence electrons. The van der Waals surface area contributed by atoms with E-state index in [0.717, 1.165) is 25.7 Å². The highest BCUT2D eigenvalue weighted by Crippen LogP contribution is 2.24. The van der Waals surface area contributed by atoms with Crippen LogP contribution in [0.1, 0.15) is 44.1 Å². The minimum atomic E-state index is -0.996. The van der Waals surface area contributed by atoms with Gasteiger partial charge in [-0.2, -0.15) is 0 Å². The molecule has 6 heteroatoms. The molecule has 3 N–H and O–H groups in total. The van der Waals surface area contributed by atoms with E-state index in [1.165, 1.54) is 0 Å². The topological polar surface area (TPSA) is 95.5 Å². The van der Waals surface area contributed by atoms with Crippen LogP contribution in [0.4, 0.5) is 0 Å². The number of carboxylic acid groups (broad SMARTS) is 1. The van der Waals surface area contributed by atoms with Crippen molar-refractivity contribution in [3.63, 3.8) is 0 Å². The summed E-state index contributed by atoms with van der Waals surface area (Å²) in [7, 11) is 0. The van der Waals surface area contributed by atoms with E-state index in [0.29, 0.717) is 5.56 Å². The third kappa shape index (κ3) is 4.81. The third-order valence-corrected chi connectivity index (χ3v) is 4.46. The SMILES string of the molecule is CC(NC(=O)C1CCCC1)C(=O)NCC(C(=O)O)c1ccccc1. The highest BCUT2D eigenvalue weighted by Gasteiger charge is 2.26. The fourth-order valence-corrected chi connectivity index (χ4v) is 2.97. The van der Waals surface area contributed by atoms with Gasteiger partial charge in [0.05, 0.1) is 5.92 Å². The molecule has 0 heterocycles. The Morgan fingerprint density at radius 3 is 2.38 bits per heavy atom. The van der Waals surface area contributed by atoms with Crippen molar-refractivity contribution in [2.75, 3.05) is 6.54 Å². The summed E-state index contributed by atoms with van der Waals surface area (Å²) in [6.07, 6.45) is 3.84. The van der Waals surface area contributed by atoms with Gasteiger partial charge in [-0.25, -0.2) is 0 Å². The van der Waals surface area contributed by atoms with E-state index in [4.69, 9.17) is 0 Å². The number of carboxylic acids is 1. The van der Waals surface area contributed by atoms with Crippen LogP contribution in [-0.2, 0) is 14.4 Å². The number of carbonyl (C=O) groups excluding carboxylic acids is 2. The number of carbonyl (C=O) groups is 3. The zero-order chi connectivity index (χ0) is 17.5. The van der Waals surface area contributed by atoms with Gasteiger partial charge in [0, 0.05) is 12.5 Å². The van der Waals surface area contributed by atoms with Crippen LogP contribution in [0.3, 0.4) is 0 Å². The van der Waals surface area contributed by atoms with Gasteiger partial charge < -0.3 is 15.7 Å². The van der Waals surface area contributed by atoms with Gasteiger partial charge in [-0.15, -0.1) is 0 Å². The lowest BCUT2D eigenvalue weighted by atomic mass is 9.99. The van der Waals surface area contributed by atoms with E-state index in [-0.39, 0.29) is 24.3 Å². The molecule has 1 saturated carbocycles. The number of aliphatic carboxylic acids is 1. The normalized spacial score (nSPS) is 17.0. The number of hydrogen-bond acceptors (Lipinski definition) is 3. The molecular weight excluding hydrogens is 308 g/mol. The van der Waals surface area contributed by atoms with Crippen LogP contribution in [0, 0.1) is 5.92 Å².